The average Bonchev–Trinajstić information content (AvgIpc) is 2.72. The molecule has 8 heteroatoms. The number of hydrazone groups is 2. The molecule has 3 saturated heterocycles. The quantitative estimate of drug-likeness (QED) is 0.646. The first-order valence-electron chi connectivity index (χ1n) is 9.84. The van der Waals surface area contributed by atoms with Crippen LogP contribution in [0.3, 0.4) is 0 Å². The lowest BCUT2D eigenvalue weighted by atomic mass is 10.3. The van der Waals surface area contributed by atoms with Gasteiger partial charge in [-0.1, -0.05) is 6.58 Å². The fourth-order valence-corrected chi connectivity index (χ4v) is 2.88. The highest BCUT2D eigenvalue weighted by atomic mass is 15.5. The van der Waals surface area contributed by atoms with Crippen molar-refractivity contribution in [3.05, 3.63) is 12.8 Å². The number of piperazine rings is 3. The Morgan fingerprint density at radius 2 is 0.852 bits per heavy atom. The first kappa shape index (κ1) is 23.4. The maximum Gasteiger partial charge on any atom is 0.0553 e. The minimum atomic E-state index is 0.905. The van der Waals surface area contributed by atoms with Crippen LogP contribution in [-0.4, -0.2) is 143 Å². The van der Waals surface area contributed by atoms with E-state index in [4.69, 9.17) is 0 Å². The number of nitrogens with zero attached hydrogens (tertiary/aromatic N) is 8. The van der Waals surface area contributed by atoms with E-state index in [9.17, 15) is 0 Å². The SMILES string of the molecule is C=CN1CCN(C)CC1.C=NN1CCN(N=C)CC1.CN1CCN(C)CC1. The Hall–Kier alpha value is -1.64. The fourth-order valence-electron chi connectivity index (χ4n) is 2.88. The van der Waals surface area contributed by atoms with Crippen LogP contribution in [0.1, 0.15) is 0 Å². The number of hydrogen-bond acceptors (Lipinski definition) is 8. The second-order valence-electron chi connectivity index (χ2n) is 7.32. The molecule has 0 atom stereocenters. The summed E-state index contributed by atoms with van der Waals surface area (Å²) < 4.78 is 0. The van der Waals surface area contributed by atoms with Crippen LogP contribution in [0.5, 0.6) is 0 Å². The number of hydrogen-bond donors (Lipinski definition) is 0. The normalized spacial score (nSPS) is 22.1. The van der Waals surface area contributed by atoms with E-state index in [-0.39, 0.29) is 0 Å². The third kappa shape index (κ3) is 10.3. The average molecular weight is 381 g/mol. The Labute approximate surface area is 166 Å². The summed E-state index contributed by atoms with van der Waals surface area (Å²) >= 11 is 0. The molecular weight excluding hydrogens is 340 g/mol. The van der Waals surface area contributed by atoms with Crippen LogP contribution in [0.4, 0.5) is 0 Å². The summed E-state index contributed by atoms with van der Waals surface area (Å²) in [6.45, 7) is 23.8. The standard InChI is InChI=1S/C7H14N2.C6H12N4.C6H14N2/c1-3-9-6-4-8(2)5-7-9;1-7-9-3-5-10(8-2)6-4-9;1-7-3-5-8(2)6-4-7/h3H,1,4-7H2,2H3;1-6H2;3-6H2,1-2H3. The van der Waals surface area contributed by atoms with Gasteiger partial charge in [0.2, 0.25) is 0 Å². The van der Waals surface area contributed by atoms with Gasteiger partial charge >= 0.3 is 0 Å². The van der Waals surface area contributed by atoms with Gasteiger partial charge in [-0.3, -0.25) is 10.0 Å². The van der Waals surface area contributed by atoms with Gasteiger partial charge in [-0.15, -0.1) is 0 Å². The minimum absolute atomic E-state index is 0.905. The number of likely N-dealkylation sites (N-methyl/N-ethyl adjacent to an activating group) is 3. The monoisotopic (exact) mass is 380 g/mol. The summed E-state index contributed by atoms with van der Waals surface area (Å²) in [6.07, 6.45) is 1.92. The molecule has 8 nitrogen and oxygen atoms in total. The zero-order valence-electron chi connectivity index (χ0n) is 17.8. The van der Waals surface area contributed by atoms with E-state index in [0.29, 0.717) is 0 Å². The maximum absolute atomic E-state index is 3.81. The van der Waals surface area contributed by atoms with Crippen molar-refractivity contribution in [3.8, 4) is 0 Å². The summed E-state index contributed by atoms with van der Waals surface area (Å²) in [5.41, 5.74) is 0. The summed E-state index contributed by atoms with van der Waals surface area (Å²) in [5.74, 6) is 0. The van der Waals surface area contributed by atoms with Crippen molar-refractivity contribution in [2.75, 3.05) is 99.7 Å². The van der Waals surface area contributed by atoms with Gasteiger partial charge in [0.05, 0.1) is 26.2 Å². The Balaban J connectivity index is 0.000000204. The molecule has 3 aliphatic heterocycles. The van der Waals surface area contributed by atoms with Crippen LogP contribution < -0.4 is 0 Å². The van der Waals surface area contributed by atoms with E-state index in [1.54, 1.807) is 0 Å². The first-order chi connectivity index (χ1) is 13.0. The smallest absolute Gasteiger partial charge is 0.0553 e. The van der Waals surface area contributed by atoms with E-state index in [2.05, 4.69) is 71.0 Å². The van der Waals surface area contributed by atoms with Gasteiger partial charge in [0.1, 0.15) is 0 Å². The van der Waals surface area contributed by atoms with Crippen molar-refractivity contribution in [1.29, 1.82) is 0 Å². The summed E-state index contributed by atoms with van der Waals surface area (Å²) in [4.78, 5) is 9.31. The molecular formula is C19H40N8. The summed E-state index contributed by atoms with van der Waals surface area (Å²) in [6, 6.07) is 0. The molecule has 0 aromatic carbocycles. The first-order valence-corrected chi connectivity index (χ1v) is 9.84. The lowest BCUT2D eigenvalue weighted by Gasteiger charge is -2.31. The van der Waals surface area contributed by atoms with Gasteiger partial charge < -0.3 is 19.6 Å². The molecule has 0 spiro atoms. The molecule has 0 aliphatic carbocycles. The molecule has 0 bridgehead atoms. The lowest BCUT2D eigenvalue weighted by molar-refractivity contribution is 0.142. The van der Waals surface area contributed by atoms with Gasteiger partial charge in [0.15, 0.2) is 0 Å². The number of rotatable bonds is 3. The van der Waals surface area contributed by atoms with E-state index in [1.165, 1.54) is 39.3 Å². The summed E-state index contributed by atoms with van der Waals surface area (Å²) in [5, 5.41) is 11.5. The predicted molar refractivity (Wildman–Crippen MR) is 117 cm³/mol. The molecule has 156 valence electrons. The molecule has 3 fully saturated rings. The molecule has 0 radical (unpaired) electrons. The van der Waals surface area contributed by atoms with E-state index >= 15 is 0 Å². The van der Waals surface area contributed by atoms with Crippen LogP contribution in [0.25, 0.3) is 0 Å². The van der Waals surface area contributed by atoms with E-state index < -0.39 is 0 Å². The van der Waals surface area contributed by atoms with Crippen LogP contribution in [-0.2, 0) is 0 Å². The Morgan fingerprint density at radius 3 is 1.11 bits per heavy atom. The topological polar surface area (TPSA) is 44.2 Å². The van der Waals surface area contributed by atoms with Crippen molar-refractivity contribution in [2.24, 2.45) is 10.2 Å². The molecule has 3 aliphatic rings. The van der Waals surface area contributed by atoms with E-state index in [1.807, 2.05) is 16.2 Å². The Bertz CT molecular complexity index is 380. The molecule has 0 N–H and O–H groups in total. The van der Waals surface area contributed by atoms with Gasteiger partial charge in [0.25, 0.3) is 0 Å². The van der Waals surface area contributed by atoms with Crippen LogP contribution in [0, 0.1) is 0 Å². The van der Waals surface area contributed by atoms with Gasteiger partial charge in [-0.25, -0.2) is 0 Å². The molecule has 0 unspecified atom stereocenters. The van der Waals surface area contributed by atoms with Crippen molar-refractivity contribution in [3.63, 3.8) is 0 Å². The molecule has 0 aromatic rings. The molecule has 3 rings (SSSR count). The van der Waals surface area contributed by atoms with Crippen molar-refractivity contribution in [1.82, 2.24) is 29.6 Å². The zero-order valence-corrected chi connectivity index (χ0v) is 17.8. The second kappa shape index (κ2) is 13.5. The Morgan fingerprint density at radius 1 is 0.556 bits per heavy atom. The fraction of sp³-hybridized carbons (Fsp3) is 0.789. The minimum Gasteiger partial charge on any atom is -0.375 e. The molecule has 27 heavy (non-hydrogen) atoms. The van der Waals surface area contributed by atoms with Crippen molar-refractivity contribution < 1.29 is 0 Å². The summed E-state index contributed by atoms with van der Waals surface area (Å²) in [7, 11) is 6.50. The van der Waals surface area contributed by atoms with Crippen LogP contribution in [0.2, 0.25) is 0 Å². The maximum atomic E-state index is 3.81. The van der Waals surface area contributed by atoms with Crippen molar-refractivity contribution >= 4 is 13.4 Å². The molecule has 3 heterocycles. The van der Waals surface area contributed by atoms with Gasteiger partial charge in [0, 0.05) is 65.8 Å². The lowest BCUT2D eigenvalue weighted by Crippen LogP contribution is -2.42. The highest BCUT2D eigenvalue weighted by molar-refractivity contribution is 5.23. The van der Waals surface area contributed by atoms with E-state index in [0.717, 1.165) is 39.3 Å². The Kier molecular flexibility index (Phi) is 11.7. The molecule has 0 amide bonds. The third-order valence-electron chi connectivity index (χ3n) is 5.16. The van der Waals surface area contributed by atoms with Gasteiger partial charge in [-0.05, 0) is 27.3 Å². The second-order valence-corrected chi connectivity index (χ2v) is 7.32. The third-order valence-corrected chi connectivity index (χ3v) is 5.16. The zero-order chi connectivity index (χ0) is 20.1. The molecule has 0 saturated carbocycles. The van der Waals surface area contributed by atoms with Crippen LogP contribution >= 0.6 is 0 Å². The predicted octanol–water partition coefficient (Wildman–Crippen LogP) is 0.0761. The van der Waals surface area contributed by atoms with Crippen molar-refractivity contribution in [2.45, 2.75) is 0 Å². The highest BCUT2D eigenvalue weighted by Gasteiger charge is 2.11. The van der Waals surface area contributed by atoms with Gasteiger partial charge in [-0.2, -0.15) is 10.2 Å². The van der Waals surface area contributed by atoms with Crippen LogP contribution in [0.15, 0.2) is 23.0 Å². The molecule has 0 aromatic heterocycles. The highest BCUT2D eigenvalue weighted by Crippen LogP contribution is 2.00. The largest absolute Gasteiger partial charge is 0.375 e.